The average molecular weight is 310 g/mol. The van der Waals surface area contributed by atoms with Gasteiger partial charge in [-0.15, -0.1) is 0 Å². The molecule has 0 aliphatic rings. The van der Waals surface area contributed by atoms with Crippen molar-refractivity contribution in [2.45, 2.75) is 13.8 Å². The molecule has 5 heteroatoms. The van der Waals surface area contributed by atoms with Gasteiger partial charge in [0.25, 0.3) is 0 Å². The van der Waals surface area contributed by atoms with Gasteiger partial charge in [0.1, 0.15) is 5.75 Å². The van der Waals surface area contributed by atoms with Gasteiger partial charge in [0.2, 0.25) is 0 Å². The van der Waals surface area contributed by atoms with Gasteiger partial charge in [-0.05, 0) is 53.0 Å². The molecule has 0 aliphatic carbocycles. The molecule has 0 fully saturated rings. The first-order valence-electron chi connectivity index (χ1n) is 5.60. The third-order valence-corrected chi connectivity index (χ3v) is 4.01. The van der Waals surface area contributed by atoms with E-state index in [0.717, 1.165) is 32.6 Å². The van der Waals surface area contributed by atoms with Crippen LogP contribution in [-0.2, 0) is 7.05 Å². The maximum absolute atomic E-state index is 5.82. The number of rotatable bonds is 2. The molecule has 1 aromatic carbocycles. The summed E-state index contributed by atoms with van der Waals surface area (Å²) in [6, 6.07) is 4.00. The highest BCUT2D eigenvalue weighted by atomic mass is 79.9. The molecule has 0 bridgehead atoms. The number of aromatic nitrogens is 2. The first kappa shape index (κ1) is 13.0. The molecule has 0 atom stereocenters. The summed E-state index contributed by atoms with van der Waals surface area (Å²) in [6.07, 6.45) is 0. The molecule has 0 saturated heterocycles. The van der Waals surface area contributed by atoms with Crippen LogP contribution in [0.4, 0.5) is 5.82 Å². The molecule has 1 heterocycles. The Morgan fingerprint density at radius 3 is 2.44 bits per heavy atom. The molecule has 0 spiro atoms. The number of nitrogens with two attached hydrogens (primary N) is 1. The maximum atomic E-state index is 5.82. The quantitative estimate of drug-likeness (QED) is 0.927. The van der Waals surface area contributed by atoms with Gasteiger partial charge < -0.3 is 10.5 Å². The molecule has 2 N–H and O–H groups in total. The van der Waals surface area contributed by atoms with Crippen molar-refractivity contribution in [1.82, 2.24) is 9.78 Å². The molecule has 96 valence electrons. The SMILES string of the molecule is COc1ccc(-c2c(Br)c(N)nn2C)c(C)c1C. The molecule has 0 amide bonds. The Kier molecular flexibility index (Phi) is 3.34. The second kappa shape index (κ2) is 4.65. The summed E-state index contributed by atoms with van der Waals surface area (Å²) >= 11 is 3.49. The summed E-state index contributed by atoms with van der Waals surface area (Å²) in [5.74, 6) is 1.39. The van der Waals surface area contributed by atoms with E-state index < -0.39 is 0 Å². The van der Waals surface area contributed by atoms with Crippen LogP contribution >= 0.6 is 15.9 Å². The maximum Gasteiger partial charge on any atom is 0.160 e. The van der Waals surface area contributed by atoms with Gasteiger partial charge in [0, 0.05) is 12.6 Å². The lowest BCUT2D eigenvalue weighted by atomic mass is 10.00. The molecule has 4 nitrogen and oxygen atoms in total. The van der Waals surface area contributed by atoms with E-state index in [1.807, 2.05) is 26.1 Å². The smallest absolute Gasteiger partial charge is 0.160 e. The number of benzene rings is 1. The molecule has 0 saturated carbocycles. The van der Waals surface area contributed by atoms with Crippen molar-refractivity contribution in [3.63, 3.8) is 0 Å². The van der Waals surface area contributed by atoms with Crippen molar-refractivity contribution in [2.24, 2.45) is 7.05 Å². The zero-order valence-electron chi connectivity index (χ0n) is 10.9. The van der Waals surface area contributed by atoms with Crippen LogP contribution in [0.1, 0.15) is 11.1 Å². The number of nitrogens with zero attached hydrogens (tertiary/aromatic N) is 2. The molecular weight excluding hydrogens is 294 g/mol. The van der Waals surface area contributed by atoms with Gasteiger partial charge in [-0.25, -0.2) is 0 Å². The van der Waals surface area contributed by atoms with E-state index in [1.54, 1.807) is 11.8 Å². The predicted octanol–water partition coefficient (Wildman–Crippen LogP) is 3.06. The van der Waals surface area contributed by atoms with Crippen molar-refractivity contribution in [3.05, 3.63) is 27.7 Å². The normalized spacial score (nSPS) is 10.7. The number of hydrogen-bond donors (Lipinski definition) is 1. The van der Waals surface area contributed by atoms with Crippen molar-refractivity contribution in [2.75, 3.05) is 12.8 Å². The van der Waals surface area contributed by atoms with Crippen LogP contribution in [-0.4, -0.2) is 16.9 Å². The van der Waals surface area contributed by atoms with Crippen molar-refractivity contribution < 1.29 is 4.74 Å². The van der Waals surface area contributed by atoms with Crippen LogP contribution in [0.25, 0.3) is 11.3 Å². The van der Waals surface area contributed by atoms with E-state index in [4.69, 9.17) is 10.5 Å². The fraction of sp³-hybridized carbons (Fsp3) is 0.308. The van der Waals surface area contributed by atoms with Gasteiger partial charge in [-0.3, -0.25) is 4.68 Å². The van der Waals surface area contributed by atoms with Crippen LogP contribution in [0, 0.1) is 13.8 Å². The van der Waals surface area contributed by atoms with Crippen molar-refractivity contribution in [3.8, 4) is 17.0 Å². The Bertz CT molecular complexity index is 605. The summed E-state index contributed by atoms with van der Waals surface area (Å²) in [5.41, 5.74) is 10.2. The van der Waals surface area contributed by atoms with E-state index in [9.17, 15) is 0 Å². The molecular formula is C13H16BrN3O. The number of hydrogen-bond acceptors (Lipinski definition) is 3. The number of ether oxygens (including phenoxy) is 1. The summed E-state index contributed by atoms with van der Waals surface area (Å²) in [7, 11) is 3.56. The first-order valence-corrected chi connectivity index (χ1v) is 6.39. The Balaban J connectivity index is 2.69. The highest BCUT2D eigenvalue weighted by Crippen LogP contribution is 2.36. The Labute approximate surface area is 115 Å². The topological polar surface area (TPSA) is 53.1 Å². The Hall–Kier alpha value is -1.49. The molecule has 0 aliphatic heterocycles. The lowest BCUT2D eigenvalue weighted by Crippen LogP contribution is -1.98. The molecule has 0 unspecified atom stereocenters. The Morgan fingerprint density at radius 1 is 1.28 bits per heavy atom. The number of anilines is 1. The van der Waals surface area contributed by atoms with E-state index in [0.29, 0.717) is 5.82 Å². The number of halogens is 1. The van der Waals surface area contributed by atoms with Gasteiger partial charge in [0.15, 0.2) is 5.82 Å². The predicted molar refractivity (Wildman–Crippen MR) is 76.8 cm³/mol. The monoisotopic (exact) mass is 309 g/mol. The lowest BCUT2D eigenvalue weighted by Gasteiger charge is -2.13. The summed E-state index contributed by atoms with van der Waals surface area (Å²) in [6.45, 7) is 4.12. The number of nitrogen functional groups attached to an aromatic ring is 1. The standard InChI is InChI=1S/C13H16BrN3O/c1-7-8(2)10(18-4)6-5-9(7)12-11(14)13(15)16-17(12)3/h5-6H,1-4H3,(H2,15,16). The number of aryl methyl sites for hydroxylation is 1. The lowest BCUT2D eigenvalue weighted by molar-refractivity contribution is 0.411. The van der Waals surface area contributed by atoms with Gasteiger partial charge in [-0.2, -0.15) is 5.10 Å². The van der Waals surface area contributed by atoms with Gasteiger partial charge in [-0.1, -0.05) is 0 Å². The zero-order valence-corrected chi connectivity index (χ0v) is 12.5. The highest BCUT2D eigenvalue weighted by Gasteiger charge is 2.17. The van der Waals surface area contributed by atoms with E-state index >= 15 is 0 Å². The fourth-order valence-electron chi connectivity index (χ4n) is 2.08. The highest BCUT2D eigenvalue weighted by molar-refractivity contribution is 9.10. The third-order valence-electron chi connectivity index (χ3n) is 3.23. The zero-order chi connectivity index (χ0) is 13.4. The minimum atomic E-state index is 0.500. The summed E-state index contributed by atoms with van der Waals surface area (Å²) in [4.78, 5) is 0. The molecule has 1 aromatic heterocycles. The second-order valence-corrected chi connectivity index (χ2v) is 5.03. The van der Waals surface area contributed by atoms with Crippen LogP contribution in [0.15, 0.2) is 16.6 Å². The Morgan fingerprint density at radius 2 is 1.94 bits per heavy atom. The van der Waals surface area contributed by atoms with Gasteiger partial charge >= 0.3 is 0 Å². The van der Waals surface area contributed by atoms with E-state index in [1.165, 1.54) is 0 Å². The minimum absolute atomic E-state index is 0.500. The average Bonchev–Trinajstić information content (AvgIpc) is 2.58. The minimum Gasteiger partial charge on any atom is -0.496 e. The third kappa shape index (κ3) is 1.88. The molecule has 0 radical (unpaired) electrons. The van der Waals surface area contributed by atoms with Crippen LogP contribution in [0.5, 0.6) is 5.75 Å². The molecule has 18 heavy (non-hydrogen) atoms. The number of methoxy groups -OCH3 is 1. The molecule has 2 rings (SSSR count). The van der Waals surface area contributed by atoms with Crippen molar-refractivity contribution >= 4 is 21.7 Å². The van der Waals surface area contributed by atoms with Crippen molar-refractivity contribution in [1.29, 1.82) is 0 Å². The molecule has 2 aromatic rings. The first-order chi connectivity index (χ1) is 8.47. The fourth-order valence-corrected chi connectivity index (χ4v) is 2.63. The van der Waals surface area contributed by atoms with Crippen LogP contribution in [0.2, 0.25) is 0 Å². The largest absolute Gasteiger partial charge is 0.496 e. The summed E-state index contributed by atoms with van der Waals surface area (Å²) in [5, 5.41) is 4.22. The van der Waals surface area contributed by atoms with E-state index in [-0.39, 0.29) is 0 Å². The van der Waals surface area contributed by atoms with Gasteiger partial charge in [0.05, 0.1) is 17.3 Å². The van der Waals surface area contributed by atoms with Crippen LogP contribution in [0.3, 0.4) is 0 Å². The summed E-state index contributed by atoms with van der Waals surface area (Å²) < 4.78 is 7.94. The second-order valence-electron chi connectivity index (χ2n) is 4.24. The van der Waals surface area contributed by atoms with Crippen LogP contribution < -0.4 is 10.5 Å². The van der Waals surface area contributed by atoms with E-state index in [2.05, 4.69) is 28.0 Å².